The minimum Gasteiger partial charge on any atom is -0.493 e. The molecule has 0 bridgehead atoms. The van der Waals surface area contributed by atoms with Crippen LogP contribution in [0, 0.1) is 0 Å². The van der Waals surface area contributed by atoms with Gasteiger partial charge in [0.15, 0.2) is 17.7 Å². The number of benzene rings is 2. The van der Waals surface area contributed by atoms with Crippen molar-refractivity contribution in [2.24, 2.45) is 0 Å². The summed E-state index contributed by atoms with van der Waals surface area (Å²) in [6.07, 6.45) is -0.818. The molecule has 1 aliphatic rings. The van der Waals surface area contributed by atoms with Crippen LogP contribution in [0.1, 0.15) is 32.5 Å². The molecular weight excluding hydrogens is 392 g/mol. The predicted octanol–water partition coefficient (Wildman–Crippen LogP) is 2.57. The van der Waals surface area contributed by atoms with Crippen molar-refractivity contribution in [2.45, 2.75) is 6.23 Å². The Morgan fingerprint density at radius 2 is 1.84 bits per heavy atom. The Labute approximate surface area is 152 Å². The smallest absolute Gasteiger partial charge is 0.344 e. The molecule has 1 heterocycles. The van der Waals surface area contributed by atoms with E-state index in [9.17, 15) is 9.59 Å². The highest BCUT2D eigenvalue weighted by atomic mass is 79.9. The number of carbonyl (C=O) groups excluding carboxylic acids is 2. The van der Waals surface area contributed by atoms with Gasteiger partial charge in [-0.05, 0) is 36.4 Å². The molecule has 7 nitrogen and oxygen atoms in total. The van der Waals surface area contributed by atoms with Gasteiger partial charge < -0.3 is 14.2 Å². The molecule has 1 amide bonds. The molecule has 0 fully saturated rings. The second kappa shape index (κ2) is 7.12. The Balaban J connectivity index is 1.77. The Kier molecular flexibility index (Phi) is 4.91. The average Bonchev–Trinajstić information content (AvgIpc) is 2.95. The van der Waals surface area contributed by atoms with Crippen LogP contribution in [0.15, 0.2) is 40.9 Å². The van der Waals surface area contributed by atoms with Crippen LogP contribution in [0.2, 0.25) is 0 Å². The Bertz CT molecular complexity index is 823. The van der Waals surface area contributed by atoms with Gasteiger partial charge in [-0.25, -0.2) is 4.79 Å². The van der Waals surface area contributed by atoms with Crippen molar-refractivity contribution in [2.75, 3.05) is 14.2 Å². The minimum absolute atomic E-state index is 0.275. The third-order valence-electron chi connectivity index (χ3n) is 3.71. The molecule has 0 aliphatic carbocycles. The van der Waals surface area contributed by atoms with Crippen molar-refractivity contribution in [1.82, 2.24) is 10.9 Å². The molecule has 1 aliphatic heterocycles. The Morgan fingerprint density at radius 3 is 2.48 bits per heavy atom. The lowest BCUT2D eigenvalue weighted by Crippen LogP contribution is -2.40. The topological polar surface area (TPSA) is 85.9 Å². The first-order valence-corrected chi connectivity index (χ1v) is 8.11. The SMILES string of the molecule is COc1ccc2c(c1OC)C(=O)O[C@@H]2NNC(=O)c1ccc(Br)cc1. The number of amides is 1. The fraction of sp³-hybridized carbons (Fsp3) is 0.176. The summed E-state index contributed by atoms with van der Waals surface area (Å²) in [5.41, 5.74) is 6.55. The number of esters is 1. The van der Waals surface area contributed by atoms with Crippen molar-refractivity contribution in [3.05, 3.63) is 57.6 Å². The van der Waals surface area contributed by atoms with Crippen LogP contribution in [0.5, 0.6) is 11.5 Å². The van der Waals surface area contributed by atoms with E-state index in [-0.39, 0.29) is 11.5 Å². The summed E-state index contributed by atoms with van der Waals surface area (Å²) in [4.78, 5) is 24.3. The lowest BCUT2D eigenvalue weighted by Gasteiger charge is -2.14. The number of cyclic esters (lactones) is 1. The second-order valence-corrected chi connectivity index (χ2v) is 6.07. The highest BCUT2D eigenvalue weighted by molar-refractivity contribution is 9.10. The van der Waals surface area contributed by atoms with Crippen LogP contribution >= 0.6 is 15.9 Å². The Morgan fingerprint density at radius 1 is 1.12 bits per heavy atom. The number of nitrogens with one attached hydrogen (secondary N) is 2. The van der Waals surface area contributed by atoms with E-state index < -0.39 is 12.2 Å². The van der Waals surface area contributed by atoms with Crippen LogP contribution in [-0.2, 0) is 4.74 Å². The average molecular weight is 407 g/mol. The van der Waals surface area contributed by atoms with E-state index in [1.165, 1.54) is 14.2 Å². The fourth-order valence-electron chi connectivity index (χ4n) is 2.51. The van der Waals surface area contributed by atoms with Crippen molar-refractivity contribution >= 4 is 27.8 Å². The maximum Gasteiger partial charge on any atom is 0.344 e. The highest BCUT2D eigenvalue weighted by Crippen LogP contribution is 2.40. The van der Waals surface area contributed by atoms with E-state index in [1.807, 2.05) is 0 Å². The third kappa shape index (κ3) is 3.31. The zero-order chi connectivity index (χ0) is 18.0. The summed E-state index contributed by atoms with van der Waals surface area (Å²) in [5, 5.41) is 0. The molecule has 0 spiro atoms. The van der Waals surface area contributed by atoms with E-state index in [0.29, 0.717) is 22.6 Å². The molecule has 0 saturated carbocycles. The third-order valence-corrected chi connectivity index (χ3v) is 4.24. The molecule has 25 heavy (non-hydrogen) atoms. The van der Waals surface area contributed by atoms with E-state index in [1.54, 1.807) is 36.4 Å². The van der Waals surface area contributed by atoms with Gasteiger partial charge in [-0.15, -0.1) is 0 Å². The Hall–Kier alpha value is -2.58. The molecule has 0 unspecified atom stereocenters. The summed E-state index contributed by atoms with van der Waals surface area (Å²) < 4.78 is 16.6. The molecule has 2 N–H and O–H groups in total. The fourth-order valence-corrected chi connectivity index (χ4v) is 2.78. The molecular formula is C17H15BrN2O5. The molecule has 0 aromatic heterocycles. The number of halogens is 1. The van der Waals surface area contributed by atoms with Gasteiger partial charge in [0, 0.05) is 15.6 Å². The molecule has 2 aromatic carbocycles. The number of rotatable bonds is 5. The van der Waals surface area contributed by atoms with Gasteiger partial charge in [-0.3, -0.25) is 10.2 Å². The largest absolute Gasteiger partial charge is 0.493 e. The number of hydrazine groups is 1. The number of carbonyl (C=O) groups is 2. The molecule has 0 radical (unpaired) electrons. The normalized spacial score (nSPS) is 15.3. The second-order valence-electron chi connectivity index (χ2n) is 5.16. The van der Waals surface area contributed by atoms with Crippen LogP contribution in [0.4, 0.5) is 0 Å². The number of ether oxygens (including phenoxy) is 3. The quantitative estimate of drug-likeness (QED) is 0.586. The lowest BCUT2D eigenvalue weighted by molar-refractivity contribution is 0.0260. The van der Waals surface area contributed by atoms with Gasteiger partial charge in [0.25, 0.3) is 5.91 Å². The van der Waals surface area contributed by atoms with Gasteiger partial charge in [0.2, 0.25) is 0 Å². The van der Waals surface area contributed by atoms with Gasteiger partial charge in [0.05, 0.1) is 14.2 Å². The standard InChI is InChI=1S/C17H15BrN2O5/c1-23-12-8-7-11-13(14(12)24-2)17(22)25-16(11)20-19-15(21)9-3-5-10(18)6-4-9/h3-8,16,20H,1-2H3,(H,19,21)/t16-/m0/s1. The van der Waals surface area contributed by atoms with E-state index >= 15 is 0 Å². The number of hydrogen-bond donors (Lipinski definition) is 2. The monoisotopic (exact) mass is 406 g/mol. The van der Waals surface area contributed by atoms with Crippen LogP contribution < -0.4 is 20.3 Å². The molecule has 0 saturated heterocycles. The van der Waals surface area contributed by atoms with Gasteiger partial charge in [0.1, 0.15) is 5.56 Å². The summed E-state index contributed by atoms with van der Waals surface area (Å²) in [5.74, 6) is -0.176. The molecule has 1 atom stereocenters. The van der Waals surface area contributed by atoms with Gasteiger partial charge in [-0.2, -0.15) is 5.43 Å². The van der Waals surface area contributed by atoms with E-state index in [4.69, 9.17) is 14.2 Å². The lowest BCUT2D eigenvalue weighted by atomic mass is 10.1. The molecule has 2 aromatic rings. The van der Waals surface area contributed by atoms with Crippen molar-refractivity contribution in [1.29, 1.82) is 0 Å². The molecule has 8 heteroatoms. The summed E-state index contributed by atoms with van der Waals surface area (Å²) >= 11 is 3.31. The van der Waals surface area contributed by atoms with Crippen LogP contribution in [0.25, 0.3) is 0 Å². The van der Waals surface area contributed by atoms with Gasteiger partial charge in [-0.1, -0.05) is 15.9 Å². The van der Waals surface area contributed by atoms with Gasteiger partial charge >= 0.3 is 5.97 Å². The predicted molar refractivity (Wildman–Crippen MR) is 92.4 cm³/mol. The van der Waals surface area contributed by atoms with E-state index in [2.05, 4.69) is 26.8 Å². The number of methoxy groups -OCH3 is 2. The van der Waals surface area contributed by atoms with Crippen molar-refractivity contribution in [3.63, 3.8) is 0 Å². The van der Waals surface area contributed by atoms with E-state index in [0.717, 1.165) is 4.47 Å². The summed E-state index contributed by atoms with van der Waals surface area (Å²) in [6, 6.07) is 10.2. The zero-order valence-electron chi connectivity index (χ0n) is 13.5. The van der Waals surface area contributed by atoms with Crippen LogP contribution in [0.3, 0.4) is 0 Å². The number of hydrogen-bond acceptors (Lipinski definition) is 6. The minimum atomic E-state index is -0.818. The summed E-state index contributed by atoms with van der Waals surface area (Å²) in [6.45, 7) is 0. The van der Waals surface area contributed by atoms with Crippen molar-refractivity contribution < 1.29 is 23.8 Å². The highest BCUT2D eigenvalue weighted by Gasteiger charge is 2.36. The maximum atomic E-state index is 12.2. The molecule has 3 rings (SSSR count). The molecule has 130 valence electrons. The van der Waals surface area contributed by atoms with Crippen molar-refractivity contribution in [3.8, 4) is 11.5 Å². The first-order valence-electron chi connectivity index (χ1n) is 7.32. The summed E-state index contributed by atoms with van der Waals surface area (Å²) in [7, 11) is 2.93. The van der Waals surface area contributed by atoms with Crippen LogP contribution in [-0.4, -0.2) is 26.1 Å². The maximum absolute atomic E-state index is 12.2. The first kappa shape index (κ1) is 17.2. The first-order chi connectivity index (χ1) is 12.0. The number of fused-ring (bicyclic) bond motifs is 1. The zero-order valence-corrected chi connectivity index (χ0v) is 15.0.